The highest BCUT2D eigenvalue weighted by atomic mass is 32.2. The third-order valence-corrected chi connectivity index (χ3v) is 7.09. The summed E-state index contributed by atoms with van der Waals surface area (Å²) in [5.41, 5.74) is 1.10. The maximum absolute atomic E-state index is 12.5. The van der Waals surface area contributed by atoms with Gasteiger partial charge in [-0.1, -0.05) is 12.1 Å². The number of hydrogen-bond donors (Lipinski definition) is 0. The molecule has 5 nitrogen and oxygen atoms in total. The van der Waals surface area contributed by atoms with Crippen LogP contribution in [-0.2, 0) is 14.6 Å². The van der Waals surface area contributed by atoms with Gasteiger partial charge in [0.2, 0.25) is 5.91 Å². The SMILES string of the molecule is CN(C(=O)CN1CCSc2ccccc21)[C@H]1CCS(=O)(=O)C1. The lowest BCUT2D eigenvalue weighted by Gasteiger charge is -2.32. The fourth-order valence-electron chi connectivity index (χ4n) is 2.95. The molecule has 0 radical (unpaired) electrons. The summed E-state index contributed by atoms with van der Waals surface area (Å²) in [6.45, 7) is 1.15. The zero-order valence-corrected chi connectivity index (χ0v) is 14.2. The number of anilines is 1. The molecule has 2 aliphatic heterocycles. The second kappa shape index (κ2) is 6.12. The van der Waals surface area contributed by atoms with Crippen molar-refractivity contribution < 1.29 is 13.2 Å². The summed E-state index contributed by atoms with van der Waals surface area (Å²) < 4.78 is 23.1. The molecule has 0 aromatic heterocycles. The molecule has 0 aliphatic carbocycles. The zero-order chi connectivity index (χ0) is 15.7. The van der Waals surface area contributed by atoms with E-state index in [9.17, 15) is 13.2 Å². The molecule has 2 aliphatic rings. The summed E-state index contributed by atoms with van der Waals surface area (Å²) in [7, 11) is -1.25. The molecule has 0 bridgehead atoms. The van der Waals surface area contributed by atoms with Gasteiger partial charge in [-0.3, -0.25) is 4.79 Å². The first-order valence-corrected chi connectivity index (χ1v) is 10.2. The van der Waals surface area contributed by atoms with E-state index in [1.807, 2.05) is 30.0 Å². The van der Waals surface area contributed by atoms with Crippen LogP contribution in [0.3, 0.4) is 0 Å². The second-order valence-electron chi connectivity index (χ2n) is 5.80. The molecule has 1 aromatic carbocycles. The number of carbonyl (C=O) groups excluding carboxylic acids is 1. The van der Waals surface area contributed by atoms with E-state index in [-0.39, 0.29) is 23.5 Å². The Morgan fingerprint density at radius 1 is 1.41 bits per heavy atom. The van der Waals surface area contributed by atoms with Gasteiger partial charge < -0.3 is 9.80 Å². The van der Waals surface area contributed by atoms with Crippen molar-refractivity contribution in [3.63, 3.8) is 0 Å². The summed E-state index contributed by atoms with van der Waals surface area (Å²) in [6, 6.07) is 7.92. The van der Waals surface area contributed by atoms with Crippen LogP contribution in [0.2, 0.25) is 0 Å². The Labute approximate surface area is 135 Å². The zero-order valence-electron chi connectivity index (χ0n) is 12.6. The van der Waals surface area contributed by atoms with E-state index in [0.29, 0.717) is 13.0 Å². The predicted octanol–water partition coefficient (Wildman–Crippen LogP) is 1.24. The van der Waals surface area contributed by atoms with E-state index in [1.54, 1.807) is 11.9 Å². The van der Waals surface area contributed by atoms with Crippen molar-refractivity contribution in [1.82, 2.24) is 4.90 Å². The van der Waals surface area contributed by atoms with Crippen LogP contribution in [0.25, 0.3) is 0 Å². The van der Waals surface area contributed by atoms with Gasteiger partial charge in [-0.25, -0.2) is 8.42 Å². The third-order valence-electron chi connectivity index (χ3n) is 4.30. The Hall–Kier alpha value is -1.21. The van der Waals surface area contributed by atoms with Crippen LogP contribution >= 0.6 is 11.8 Å². The normalized spacial score (nSPS) is 23.1. The van der Waals surface area contributed by atoms with Gasteiger partial charge in [0.25, 0.3) is 0 Å². The van der Waals surface area contributed by atoms with Crippen LogP contribution < -0.4 is 4.90 Å². The molecule has 22 heavy (non-hydrogen) atoms. The highest BCUT2D eigenvalue weighted by molar-refractivity contribution is 7.99. The maximum Gasteiger partial charge on any atom is 0.242 e. The van der Waals surface area contributed by atoms with Gasteiger partial charge in [0.1, 0.15) is 0 Å². The Kier molecular flexibility index (Phi) is 4.36. The summed E-state index contributed by atoms with van der Waals surface area (Å²) in [5, 5.41) is 0. The first-order chi connectivity index (χ1) is 10.5. The van der Waals surface area contributed by atoms with Gasteiger partial charge in [-0.2, -0.15) is 0 Å². The van der Waals surface area contributed by atoms with Crippen LogP contribution in [0.15, 0.2) is 29.2 Å². The first-order valence-electron chi connectivity index (χ1n) is 7.39. The number of nitrogens with zero attached hydrogens (tertiary/aromatic N) is 2. The molecule has 2 heterocycles. The van der Waals surface area contributed by atoms with Crippen molar-refractivity contribution in [2.45, 2.75) is 17.4 Å². The van der Waals surface area contributed by atoms with E-state index < -0.39 is 9.84 Å². The lowest BCUT2D eigenvalue weighted by molar-refractivity contribution is -0.130. The van der Waals surface area contributed by atoms with Crippen molar-refractivity contribution in [1.29, 1.82) is 0 Å². The Morgan fingerprint density at radius 3 is 2.91 bits per heavy atom. The number of benzene rings is 1. The molecule has 1 fully saturated rings. The molecule has 0 N–H and O–H groups in total. The second-order valence-corrected chi connectivity index (χ2v) is 9.16. The van der Waals surface area contributed by atoms with Crippen molar-refractivity contribution in [2.24, 2.45) is 0 Å². The topological polar surface area (TPSA) is 57.7 Å². The standard InChI is InChI=1S/C15H20N2O3S2/c1-16(12-6-9-22(19,20)11-12)15(18)10-17-7-8-21-14-5-3-2-4-13(14)17/h2-5,12H,6-11H2,1H3/t12-/m0/s1. The Bertz CT molecular complexity index is 675. The van der Waals surface area contributed by atoms with Crippen molar-refractivity contribution in [3.05, 3.63) is 24.3 Å². The van der Waals surface area contributed by atoms with E-state index in [1.165, 1.54) is 4.90 Å². The maximum atomic E-state index is 12.5. The molecule has 3 rings (SSSR count). The Balaban J connectivity index is 1.68. The number of likely N-dealkylation sites (N-methyl/N-ethyl adjacent to an activating group) is 1. The summed E-state index contributed by atoms with van der Waals surface area (Å²) in [5.74, 6) is 1.25. The lowest BCUT2D eigenvalue weighted by atomic mass is 10.2. The smallest absolute Gasteiger partial charge is 0.242 e. The molecule has 1 atom stereocenters. The number of sulfone groups is 1. The molecule has 120 valence electrons. The number of hydrogen-bond acceptors (Lipinski definition) is 5. The highest BCUT2D eigenvalue weighted by Gasteiger charge is 2.33. The fraction of sp³-hybridized carbons (Fsp3) is 0.533. The van der Waals surface area contributed by atoms with Gasteiger partial charge in [0.15, 0.2) is 9.84 Å². The number of para-hydroxylation sites is 1. The number of thioether (sulfide) groups is 1. The van der Waals surface area contributed by atoms with Crippen molar-refractivity contribution in [3.8, 4) is 0 Å². The van der Waals surface area contributed by atoms with Crippen LogP contribution in [0.4, 0.5) is 5.69 Å². The van der Waals surface area contributed by atoms with Gasteiger partial charge in [0.05, 0.1) is 23.7 Å². The highest BCUT2D eigenvalue weighted by Crippen LogP contribution is 2.34. The summed E-state index contributed by atoms with van der Waals surface area (Å²) in [6.07, 6.45) is 0.553. The molecular formula is C15H20N2O3S2. The number of fused-ring (bicyclic) bond motifs is 1. The third kappa shape index (κ3) is 3.25. The molecule has 0 saturated carbocycles. The molecule has 1 amide bonds. The molecule has 0 spiro atoms. The molecule has 1 saturated heterocycles. The van der Waals surface area contributed by atoms with Crippen molar-refractivity contribution >= 4 is 33.2 Å². The van der Waals surface area contributed by atoms with Crippen LogP contribution in [0.1, 0.15) is 6.42 Å². The van der Waals surface area contributed by atoms with Gasteiger partial charge in [0, 0.05) is 30.3 Å². The van der Waals surface area contributed by atoms with E-state index in [2.05, 4.69) is 11.0 Å². The van der Waals surface area contributed by atoms with Crippen LogP contribution in [-0.4, -0.2) is 62.7 Å². The largest absolute Gasteiger partial charge is 0.360 e. The van der Waals surface area contributed by atoms with Crippen LogP contribution in [0, 0.1) is 0 Å². The minimum Gasteiger partial charge on any atom is -0.360 e. The monoisotopic (exact) mass is 340 g/mol. The average molecular weight is 340 g/mol. The molecule has 0 unspecified atom stereocenters. The molecule has 1 aromatic rings. The quantitative estimate of drug-likeness (QED) is 0.829. The molecule has 7 heteroatoms. The van der Waals surface area contributed by atoms with Crippen LogP contribution in [0.5, 0.6) is 0 Å². The Morgan fingerprint density at radius 2 is 2.18 bits per heavy atom. The van der Waals surface area contributed by atoms with Crippen molar-refractivity contribution in [2.75, 3.05) is 42.3 Å². The average Bonchev–Trinajstić information content (AvgIpc) is 2.87. The fourth-order valence-corrected chi connectivity index (χ4v) is 5.78. The van der Waals surface area contributed by atoms with Gasteiger partial charge >= 0.3 is 0 Å². The van der Waals surface area contributed by atoms with E-state index in [0.717, 1.165) is 18.0 Å². The lowest BCUT2D eigenvalue weighted by Crippen LogP contribution is -2.45. The minimum absolute atomic E-state index is 0.0104. The number of amides is 1. The van der Waals surface area contributed by atoms with Gasteiger partial charge in [-0.15, -0.1) is 11.8 Å². The van der Waals surface area contributed by atoms with E-state index in [4.69, 9.17) is 0 Å². The number of rotatable bonds is 3. The van der Waals surface area contributed by atoms with Gasteiger partial charge in [-0.05, 0) is 18.6 Å². The van der Waals surface area contributed by atoms with E-state index >= 15 is 0 Å². The summed E-state index contributed by atoms with van der Waals surface area (Å²) in [4.78, 5) is 17.4. The first kappa shape index (κ1) is 15.7. The molecular weight excluding hydrogens is 320 g/mol. The predicted molar refractivity (Wildman–Crippen MR) is 89.2 cm³/mol. The number of carbonyl (C=O) groups is 1. The minimum atomic E-state index is -2.97. The summed E-state index contributed by atoms with van der Waals surface area (Å²) >= 11 is 1.81.